The zero-order valence-corrected chi connectivity index (χ0v) is 33.9. The number of carbonyl (C=O) groups excluding carboxylic acids is 2. The van der Waals surface area contributed by atoms with Gasteiger partial charge in [0.1, 0.15) is 6.61 Å². The quantitative estimate of drug-likeness (QED) is 0.0486. The molecule has 0 aromatic heterocycles. The number of ether oxygens (including phenoxy) is 1. The maximum atomic E-state index is 13.6. The predicted molar refractivity (Wildman–Crippen MR) is 219 cm³/mol. The molecule has 0 fully saturated rings. The van der Waals surface area contributed by atoms with Crippen LogP contribution in [0.25, 0.3) is 0 Å². The lowest BCUT2D eigenvalue weighted by Gasteiger charge is -2.38. The monoisotopic (exact) mass is 713 g/mol. The molecular formula is C47H68O5. The largest absolute Gasteiger partial charge is 0.458 e. The Morgan fingerprint density at radius 2 is 1.62 bits per heavy atom. The van der Waals surface area contributed by atoms with E-state index in [2.05, 4.69) is 85.8 Å². The highest BCUT2D eigenvalue weighted by molar-refractivity contribution is 5.98. The second-order valence-electron chi connectivity index (χ2n) is 16.3. The Bertz CT molecular complexity index is 1530. The lowest BCUT2D eigenvalue weighted by Crippen LogP contribution is -2.32. The van der Waals surface area contributed by atoms with Crippen LogP contribution in [0, 0.1) is 16.7 Å². The van der Waals surface area contributed by atoms with E-state index in [-0.39, 0.29) is 35.7 Å². The number of carbonyl (C=O) groups is 2. The first kappa shape index (κ1) is 44.6. The Labute approximate surface area is 316 Å². The molecule has 0 aromatic rings. The van der Waals surface area contributed by atoms with Crippen LogP contribution in [0.2, 0.25) is 0 Å². The fourth-order valence-electron chi connectivity index (χ4n) is 7.31. The number of hydrogen-bond acceptors (Lipinski definition) is 5. The molecular weight excluding hydrogens is 645 g/mol. The molecule has 52 heavy (non-hydrogen) atoms. The van der Waals surface area contributed by atoms with Crippen molar-refractivity contribution in [3.63, 3.8) is 0 Å². The normalized spacial score (nSPS) is 23.4. The van der Waals surface area contributed by atoms with Gasteiger partial charge < -0.3 is 14.9 Å². The van der Waals surface area contributed by atoms with Gasteiger partial charge in [0, 0.05) is 24.0 Å². The van der Waals surface area contributed by atoms with Gasteiger partial charge in [0.2, 0.25) is 0 Å². The van der Waals surface area contributed by atoms with Crippen molar-refractivity contribution in [1.29, 1.82) is 0 Å². The second kappa shape index (κ2) is 21.9. The molecule has 0 spiro atoms. The maximum absolute atomic E-state index is 13.6. The molecule has 5 nitrogen and oxygen atoms in total. The zero-order valence-electron chi connectivity index (χ0n) is 33.9. The molecule has 0 heterocycles. The van der Waals surface area contributed by atoms with E-state index in [9.17, 15) is 19.8 Å². The highest BCUT2D eigenvalue weighted by Gasteiger charge is 2.35. The minimum Gasteiger partial charge on any atom is -0.458 e. The van der Waals surface area contributed by atoms with Crippen LogP contribution in [0.15, 0.2) is 118 Å². The Balaban J connectivity index is 2.03. The van der Waals surface area contributed by atoms with Crippen LogP contribution in [0.3, 0.4) is 0 Å². The molecule has 286 valence electrons. The lowest BCUT2D eigenvalue weighted by molar-refractivity contribution is -0.137. The van der Waals surface area contributed by atoms with E-state index in [1.807, 2.05) is 50.3 Å². The standard InChI is InChI=1S/C47H68O5/c1-11-12-13-14-25-45(51)52-33-39(44(50)30-43-38(6)29-41(49)32-47(43,9)10)24-18-23-35(3)20-16-15-19-34(2)21-17-22-36(4)26-27-42-37(5)28-40(48)31-46(42,7)8/h14-16,18-20,22-28,40-42,48-49H,11-13,17,21,29-33H2,1-10H3/b16-15+,23-18+,25-14+,27-26+,34-19+,35-20+,36-22+,39-24+/t40-,41+,42-/m0/s1. The van der Waals surface area contributed by atoms with Gasteiger partial charge in [-0.15, -0.1) is 0 Å². The summed E-state index contributed by atoms with van der Waals surface area (Å²) in [6, 6.07) is 0. The number of unbranched alkanes of at least 4 members (excludes halogenated alkanes) is 2. The van der Waals surface area contributed by atoms with Gasteiger partial charge in [-0.1, -0.05) is 154 Å². The fourth-order valence-corrected chi connectivity index (χ4v) is 7.31. The number of esters is 1. The maximum Gasteiger partial charge on any atom is 0.330 e. The molecule has 0 aromatic carbocycles. The van der Waals surface area contributed by atoms with Crippen LogP contribution in [0.5, 0.6) is 0 Å². The van der Waals surface area contributed by atoms with Crippen LogP contribution in [-0.4, -0.2) is 40.8 Å². The second-order valence-corrected chi connectivity index (χ2v) is 16.3. The molecule has 2 aliphatic rings. The number of aliphatic hydroxyl groups is 2. The Morgan fingerprint density at radius 1 is 0.904 bits per heavy atom. The van der Waals surface area contributed by atoms with Gasteiger partial charge in [0.15, 0.2) is 5.78 Å². The van der Waals surface area contributed by atoms with Crippen molar-refractivity contribution < 1.29 is 24.5 Å². The summed E-state index contributed by atoms with van der Waals surface area (Å²) < 4.78 is 5.49. The minimum atomic E-state index is -0.448. The van der Waals surface area contributed by atoms with E-state index in [0.29, 0.717) is 24.3 Å². The lowest BCUT2D eigenvalue weighted by atomic mass is 9.67. The van der Waals surface area contributed by atoms with Crippen LogP contribution in [0.4, 0.5) is 0 Å². The number of allylic oxidation sites excluding steroid dienone is 16. The van der Waals surface area contributed by atoms with Gasteiger partial charge in [-0.25, -0.2) is 4.79 Å². The van der Waals surface area contributed by atoms with Crippen molar-refractivity contribution in [2.45, 2.75) is 139 Å². The summed E-state index contributed by atoms with van der Waals surface area (Å²) >= 11 is 0. The molecule has 0 bridgehead atoms. The number of hydrogen-bond donors (Lipinski definition) is 2. The minimum absolute atomic E-state index is 0.0411. The summed E-state index contributed by atoms with van der Waals surface area (Å²) in [4.78, 5) is 25.9. The Kier molecular flexibility index (Phi) is 18.8. The molecule has 0 radical (unpaired) electrons. The highest BCUT2D eigenvalue weighted by atomic mass is 16.5. The van der Waals surface area contributed by atoms with Crippen molar-refractivity contribution >= 4 is 11.8 Å². The molecule has 2 N–H and O–H groups in total. The molecule has 0 saturated carbocycles. The summed E-state index contributed by atoms with van der Waals surface area (Å²) in [6.07, 6.45) is 32.1. The van der Waals surface area contributed by atoms with E-state index >= 15 is 0 Å². The van der Waals surface area contributed by atoms with Crippen LogP contribution < -0.4 is 0 Å². The van der Waals surface area contributed by atoms with Crippen molar-refractivity contribution in [2.24, 2.45) is 16.7 Å². The number of rotatable bonds is 18. The van der Waals surface area contributed by atoms with E-state index in [0.717, 1.165) is 55.2 Å². The first-order chi connectivity index (χ1) is 24.4. The Morgan fingerprint density at radius 3 is 2.29 bits per heavy atom. The van der Waals surface area contributed by atoms with Crippen LogP contribution in [0.1, 0.15) is 127 Å². The van der Waals surface area contributed by atoms with Crippen molar-refractivity contribution in [3.8, 4) is 0 Å². The van der Waals surface area contributed by atoms with Gasteiger partial charge in [0.05, 0.1) is 12.2 Å². The molecule has 2 aliphatic carbocycles. The number of Topliss-reactive ketones (excluding diaryl/α,β-unsaturated/α-hetero) is 1. The summed E-state index contributed by atoms with van der Waals surface area (Å²) in [5, 5.41) is 20.4. The van der Waals surface area contributed by atoms with Crippen LogP contribution in [-0.2, 0) is 14.3 Å². The molecule has 0 aliphatic heterocycles. The first-order valence-corrected chi connectivity index (χ1v) is 19.3. The van der Waals surface area contributed by atoms with Gasteiger partial charge in [-0.05, 0) is 84.0 Å². The Hall–Kier alpha value is -3.54. The summed E-state index contributed by atoms with van der Waals surface area (Å²) in [6.45, 7) is 21.0. The van der Waals surface area contributed by atoms with Gasteiger partial charge in [-0.3, -0.25) is 4.79 Å². The molecule has 0 unspecified atom stereocenters. The SMILES string of the molecule is CCCC/C=C/C(=O)OC\C(=C/C=C/C(C)=C/C=C/C=C(\C)CC/C=C(C)/C=C/[C@H]1C(C)=C[C@H](O)CC1(C)C)C(=O)CC1=C(C)C[C@@H](O)CC1(C)C. The molecule has 2 rings (SSSR count). The van der Waals surface area contributed by atoms with Gasteiger partial charge in [0.25, 0.3) is 0 Å². The highest BCUT2D eigenvalue weighted by Crippen LogP contribution is 2.43. The third-order valence-corrected chi connectivity index (χ3v) is 10.3. The smallest absolute Gasteiger partial charge is 0.330 e. The molecule has 0 saturated heterocycles. The van der Waals surface area contributed by atoms with E-state index in [1.54, 1.807) is 6.08 Å². The third kappa shape index (κ3) is 16.0. The average molecular weight is 713 g/mol. The summed E-state index contributed by atoms with van der Waals surface area (Å²) in [7, 11) is 0. The van der Waals surface area contributed by atoms with Crippen molar-refractivity contribution in [3.05, 3.63) is 118 Å². The number of ketones is 1. The third-order valence-electron chi connectivity index (χ3n) is 10.3. The number of aliphatic hydroxyl groups excluding tert-OH is 2. The summed E-state index contributed by atoms with van der Waals surface area (Å²) in [5.41, 5.74) is 7.14. The fraction of sp³-hybridized carbons (Fsp3) is 0.532. The first-order valence-electron chi connectivity index (χ1n) is 19.3. The van der Waals surface area contributed by atoms with Crippen LogP contribution >= 0.6 is 0 Å². The van der Waals surface area contributed by atoms with Gasteiger partial charge >= 0.3 is 5.97 Å². The van der Waals surface area contributed by atoms with Crippen molar-refractivity contribution in [1.82, 2.24) is 0 Å². The van der Waals surface area contributed by atoms with Crippen molar-refractivity contribution in [2.75, 3.05) is 6.61 Å². The molecule has 5 heteroatoms. The van der Waals surface area contributed by atoms with E-state index in [4.69, 9.17) is 4.74 Å². The molecule has 0 amide bonds. The van der Waals surface area contributed by atoms with Gasteiger partial charge in [-0.2, -0.15) is 0 Å². The summed E-state index contributed by atoms with van der Waals surface area (Å²) in [5.74, 6) is -0.185. The van der Waals surface area contributed by atoms with E-state index in [1.165, 1.54) is 22.8 Å². The zero-order chi connectivity index (χ0) is 38.9. The topological polar surface area (TPSA) is 83.8 Å². The molecule has 3 atom stereocenters. The predicted octanol–water partition coefficient (Wildman–Crippen LogP) is 11.3. The van der Waals surface area contributed by atoms with E-state index < -0.39 is 12.1 Å². The average Bonchev–Trinajstić information content (AvgIpc) is 3.03.